The zero-order valence-corrected chi connectivity index (χ0v) is 9.43. The van der Waals surface area contributed by atoms with E-state index < -0.39 is 0 Å². The van der Waals surface area contributed by atoms with Crippen molar-refractivity contribution < 1.29 is 0 Å². The molecule has 14 heavy (non-hydrogen) atoms. The van der Waals surface area contributed by atoms with Gasteiger partial charge in [0, 0.05) is 20.6 Å². The SMILES string of the molecule is Nc1[nH]ncc1-c1ccc(Cl)cc1Br. The molecule has 0 amide bonds. The first-order chi connectivity index (χ1) is 6.68. The molecule has 2 rings (SSSR count). The summed E-state index contributed by atoms with van der Waals surface area (Å²) in [6.45, 7) is 0. The molecule has 0 atom stereocenters. The lowest BCUT2D eigenvalue weighted by atomic mass is 10.1. The number of aromatic amines is 1. The number of anilines is 1. The lowest BCUT2D eigenvalue weighted by Gasteiger charge is -2.02. The molecular weight excluding hydrogens is 265 g/mol. The molecule has 0 saturated heterocycles. The zero-order chi connectivity index (χ0) is 10.1. The van der Waals surface area contributed by atoms with Gasteiger partial charge in [0.1, 0.15) is 5.82 Å². The van der Waals surface area contributed by atoms with Gasteiger partial charge in [-0.2, -0.15) is 5.10 Å². The Morgan fingerprint density at radius 1 is 1.36 bits per heavy atom. The normalized spacial score (nSPS) is 10.4. The molecule has 0 aliphatic rings. The molecule has 0 unspecified atom stereocenters. The zero-order valence-electron chi connectivity index (χ0n) is 7.09. The van der Waals surface area contributed by atoms with E-state index in [1.54, 1.807) is 6.20 Å². The molecule has 0 fully saturated rings. The largest absolute Gasteiger partial charge is 0.384 e. The predicted octanol–water partition coefficient (Wildman–Crippen LogP) is 3.07. The first kappa shape index (κ1) is 9.55. The summed E-state index contributed by atoms with van der Waals surface area (Å²) in [5, 5.41) is 7.22. The van der Waals surface area contributed by atoms with Gasteiger partial charge >= 0.3 is 0 Å². The highest BCUT2D eigenvalue weighted by Gasteiger charge is 2.08. The standard InChI is InChI=1S/C9H7BrClN3/c10-8-3-5(11)1-2-6(8)7-4-13-14-9(7)12/h1-4H,(H3,12,13,14). The maximum Gasteiger partial charge on any atom is 0.126 e. The van der Waals surface area contributed by atoms with Crippen molar-refractivity contribution in [3.63, 3.8) is 0 Å². The summed E-state index contributed by atoms with van der Waals surface area (Å²) in [4.78, 5) is 0. The number of nitrogens with zero attached hydrogens (tertiary/aromatic N) is 1. The summed E-state index contributed by atoms with van der Waals surface area (Å²) in [5.41, 5.74) is 7.55. The average Bonchev–Trinajstić information content (AvgIpc) is 2.52. The van der Waals surface area contributed by atoms with Crippen molar-refractivity contribution in [2.45, 2.75) is 0 Å². The van der Waals surface area contributed by atoms with Gasteiger partial charge in [-0.05, 0) is 12.1 Å². The van der Waals surface area contributed by atoms with Gasteiger partial charge in [0.2, 0.25) is 0 Å². The van der Waals surface area contributed by atoms with Gasteiger partial charge in [0.25, 0.3) is 0 Å². The fourth-order valence-corrected chi connectivity index (χ4v) is 2.11. The lowest BCUT2D eigenvalue weighted by Crippen LogP contribution is -1.88. The fraction of sp³-hybridized carbons (Fsp3) is 0. The number of hydrogen-bond acceptors (Lipinski definition) is 2. The highest BCUT2D eigenvalue weighted by molar-refractivity contribution is 9.10. The minimum absolute atomic E-state index is 0.549. The molecule has 72 valence electrons. The van der Waals surface area contributed by atoms with Crippen LogP contribution in [0, 0.1) is 0 Å². The second kappa shape index (κ2) is 3.63. The molecule has 1 aromatic heterocycles. The van der Waals surface area contributed by atoms with Crippen molar-refractivity contribution in [1.29, 1.82) is 0 Å². The predicted molar refractivity (Wildman–Crippen MR) is 61.1 cm³/mol. The third-order valence-corrected chi connectivity index (χ3v) is 2.78. The Hall–Kier alpha value is -1.000. The molecular formula is C9H7BrClN3. The number of H-pyrrole nitrogens is 1. The summed E-state index contributed by atoms with van der Waals surface area (Å²) >= 11 is 9.25. The van der Waals surface area contributed by atoms with Crippen LogP contribution in [0.4, 0.5) is 5.82 Å². The van der Waals surface area contributed by atoms with Gasteiger partial charge in [-0.3, -0.25) is 5.10 Å². The number of benzene rings is 1. The Morgan fingerprint density at radius 3 is 2.71 bits per heavy atom. The first-order valence-corrected chi connectivity index (χ1v) is 5.10. The number of nitrogen functional groups attached to an aromatic ring is 1. The van der Waals surface area contributed by atoms with E-state index in [0.29, 0.717) is 10.8 Å². The van der Waals surface area contributed by atoms with Gasteiger partial charge in [-0.1, -0.05) is 33.6 Å². The van der Waals surface area contributed by atoms with Crippen LogP contribution in [0.5, 0.6) is 0 Å². The number of hydrogen-bond donors (Lipinski definition) is 2. The molecule has 0 bridgehead atoms. The van der Waals surface area contributed by atoms with Crippen LogP contribution in [-0.2, 0) is 0 Å². The Balaban J connectivity index is 2.58. The van der Waals surface area contributed by atoms with Crippen molar-refractivity contribution in [1.82, 2.24) is 10.2 Å². The van der Waals surface area contributed by atoms with E-state index in [2.05, 4.69) is 26.1 Å². The maximum atomic E-state index is 5.83. The van der Waals surface area contributed by atoms with Crippen molar-refractivity contribution in [3.8, 4) is 11.1 Å². The Labute approximate surface area is 94.4 Å². The van der Waals surface area contributed by atoms with E-state index in [1.165, 1.54) is 0 Å². The van der Waals surface area contributed by atoms with Gasteiger partial charge < -0.3 is 5.73 Å². The van der Waals surface area contributed by atoms with E-state index >= 15 is 0 Å². The quantitative estimate of drug-likeness (QED) is 0.838. The second-order valence-electron chi connectivity index (χ2n) is 2.82. The van der Waals surface area contributed by atoms with Gasteiger partial charge in [0.15, 0.2) is 0 Å². The summed E-state index contributed by atoms with van der Waals surface area (Å²) < 4.78 is 0.901. The van der Waals surface area contributed by atoms with E-state index in [0.717, 1.165) is 15.6 Å². The number of nitrogens with one attached hydrogen (secondary N) is 1. The van der Waals surface area contributed by atoms with Crippen LogP contribution in [0.2, 0.25) is 5.02 Å². The van der Waals surface area contributed by atoms with Gasteiger partial charge in [-0.15, -0.1) is 0 Å². The topological polar surface area (TPSA) is 54.7 Å². The van der Waals surface area contributed by atoms with Crippen LogP contribution >= 0.6 is 27.5 Å². The Kier molecular flexibility index (Phi) is 2.48. The van der Waals surface area contributed by atoms with E-state index in [1.807, 2.05) is 18.2 Å². The van der Waals surface area contributed by atoms with Crippen molar-refractivity contribution in [2.24, 2.45) is 0 Å². The van der Waals surface area contributed by atoms with Crippen LogP contribution in [0.1, 0.15) is 0 Å². The van der Waals surface area contributed by atoms with Crippen LogP contribution in [0.25, 0.3) is 11.1 Å². The Morgan fingerprint density at radius 2 is 2.14 bits per heavy atom. The number of nitrogens with two attached hydrogens (primary N) is 1. The summed E-state index contributed by atoms with van der Waals surface area (Å²) in [5.74, 6) is 0.549. The molecule has 1 heterocycles. The van der Waals surface area contributed by atoms with Crippen LogP contribution in [0.3, 0.4) is 0 Å². The molecule has 0 aliphatic heterocycles. The second-order valence-corrected chi connectivity index (χ2v) is 4.11. The van der Waals surface area contributed by atoms with Gasteiger partial charge in [-0.25, -0.2) is 0 Å². The molecule has 0 aliphatic carbocycles. The van der Waals surface area contributed by atoms with E-state index in [-0.39, 0.29) is 0 Å². The first-order valence-electron chi connectivity index (χ1n) is 3.93. The highest BCUT2D eigenvalue weighted by Crippen LogP contribution is 2.32. The smallest absolute Gasteiger partial charge is 0.126 e. The monoisotopic (exact) mass is 271 g/mol. The highest BCUT2D eigenvalue weighted by atomic mass is 79.9. The summed E-state index contributed by atoms with van der Waals surface area (Å²) in [6, 6.07) is 5.53. The molecule has 0 radical (unpaired) electrons. The molecule has 3 N–H and O–H groups in total. The average molecular weight is 273 g/mol. The fourth-order valence-electron chi connectivity index (χ4n) is 1.22. The van der Waals surface area contributed by atoms with Crippen molar-refractivity contribution in [2.75, 3.05) is 5.73 Å². The minimum Gasteiger partial charge on any atom is -0.384 e. The number of aromatic nitrogens is 2. The lowest BCUT2D eigenvalue weighted by molar-refractivity contribution is 1.10. The van der Waals surface area contributed by atoms with Crippen LogP contribution in [-0.4, -0.2) is 10.2 Å². The van der Waals surface area contributed by atoms with E-state index in [9.17, 15) is 0 Å². The maximum absolute atomic E-state index is 5.83. The van der Waals surface area contributed by atoms with Crippen LogP contribution in [0.15, 0.2) is 28.9 Å². The summed E-state index contributed by atoms with van der Waals surface area (Å²) in [6.07, 6.45) is 1.68. The number of rotatable bonds is 1. The Bertz CT molecular complexity index is 467. The molecule has 3 nitrogen and oxygen atoms in total. The minimum atomic E-state index is 0.549. The molecule has 0 spiro atoms. The van der Waals surface area contributed by atoms with Crippen LogP contribution < -0.4 is 5.73 Å². The molecule has 0 saturated carbocycles. The van der Waals surface area contributed by atoms with Crippen molar-refractivity contribution >= 4 is 33.3 Å². The number of halogens is 2. The molecule has 1 aromatic carbocycles. The van der Waals surface area contributed by atoms with Crippen molar-refractivity contribution in [3.05, 3.63) is 33.9 Å². The summed E-state index contributed by atoms with van der Waals surface area (Å²) in [7, 11) is 0. The third-order valence-electron chi connectivity index (χ3n) is 1.89. The molecule has 5 heteroatoms. The van der Waals surface area contributed by atoms with Gasteiger partial charge in [0.05, 0.1) is 6.20 Å². The molecule has 2 aromatic rings. The van der Waals surface area contributed by atoms with E-state index in [4.69, 9.17) is 17.3 Å². The third kappa shape index (κ3) is 1.63.